The molecule has 0 aliphatic heterocycles. The molecule has 0 radical (unpaired) electrons. The SMILES string of the molecule is COC(=O)[C@@H]1C(=O)CC[C@]2(C)C(=O)CC[C@@H]12. The minimum atomic E-state index is -0.713. The van der Waals surface area contributed by atoms with Crippen molar-refractivity contribution in [3.05, 3.63) is 0 Å². The second-order valence-electron chi connectivity index (χ2n) is 4.95. The molecule has 16 heavy (non-hydrogen) atoms. The highest BCUT2D eigenvalue weighted by Gasteiger charge is 2.56. The molecule has 0 unspecified atom stereocenters. The van der Waals surface area contributed by atoms with E-state index in [4.69, 9.17) is 0 Å². The summed E-state index contributed by atoms with van der Waals surface area (Å²) in [6.45, 7) is 1.88. The second-order valence-corrected chi connectivity index (χ2v) is 4.95. The molecule has 2 fully saturated rings. The van der Waals surface area contributed by atoms with E-state index in [0.29, 0.717) is 25.7 Å². The minimum Gasteiger partial charge on any atom is -0.468 e. The minimum absolute atomic E-state index is 0.0657. The smallest absolute Gasteiger partial charge is 0.316 e. The number of hydrogen-bond donors (Lipinski definition) is 0. The van der Waals surface area contributed by atoms with Crippen LogP contribution >= 0.6 is 0 Å². The molecule has 0 aromatic carbocycles. The summed E-state index contributed by atoms with van der Waals surface area (Å²) in [5.41, 5.74) is -0.479. The van der Waals surface area contributed by atoms with Crippen LogP contribution in [0.2, 0.25) is 0 Å². The molecule has 0 aromatic heterocycles. The zero-order chi connectivity index (χ0) is 11.9. The van der Waals surface area contributed by atoms with E-state index in [1.165, 1.54) is 7.11 Å². The van der Waals surface area contributed by atoms with Gasteiger partial charge in [0.2, 0.25) is 0 Å². The van der Waals surface area contributed by atoms with Crippen molar-refractivity contribution in [1.29, 1.82) is 0 Å². The first-order chi connectivity index (χ1) is 7.50. The molecule has 2 aliphatic carbocycles. The Morgan fingerprint density at radius 1 is 1.38 bits per heavy atom. The maximum atomic E-state index is 11.8. The summed E-state index contributed by atoms with van der Waals surface area (Å²) in [5.74, 6) is -1.21. The van der Waals surface area contributed by atoms with Crippen molar-refractivity contribution >= 4 is 17.5 Å². The zero-order valence-electron chi connectivity index (χ0n) is 9.62. The van der Waals surface area contributed by atoms with Gasteiger partial charge < -0.3 is 4.74 Å². The summed E-state index contributed by atoms with van der Waals surface area (Å²) < 4.78 is 4.68. The first kappa shape index (κ1) is 11.3. The zero-order valence-corrected chi connectivity index (χ0v) is 9.62. The van der Waals surface area contributed by atoms with Gasteiger partial charge in [0, 0.05) is 18.3 Å². The third-order valence-corrected chi connectivity index (χ3v) is 4.23. The molecule has 0 amide bonds. The molecule has 2 saturated carbocycles. The van der Waals surface area contributed by atoms with Crippen LogP contribution in [0.1, 0.15) is 32.6 Å². The molecule has 2 rings (SSSR count). The fraction of sp³-hybridized carbons (Fsp3) is 0.750. The molecular weight excluding hydrogens is 208 g/mol. The van der Waals surface area contributed by atoms with Crippen LogP contribution in [0.5, 0.6) is 0 Å². The number of ketones is 2. The van der Waals surface area contributed by atoms with Gasteiger partial charge in [-0.05, 0) is 18.8 Å². The first-order valence-electron chi connectivity index (χ1n) is 5.64. The van der Waals surface area contributed by atoms with Gasteiger partial charge in [-0.2, -0.15) is 0 Å². The summed E-state index contributed by atoms with van der Waals surface area (Å²) in [4.78, 5) is 35.2. The Hall–Kier alpha value is -1.19. The molecule has 2 aliphatic rings. The lowest BCUT2D eigenvalue weighted by molar-refractivity contribution is -0.157. The summed E-state index contributed by atoms with van der Waals surface area (Å²) >= 11 is 0. The van der Waals surface area contributed by atoms with Gasteiger partial charge in [-0.15, -0.1) is 0 Å². The van der Waals surface area contributed by atoms with E-state index in [2.05, 4.69) is 4.74 Å². The Morgan fingerprint density at radius 3 is 2.69 bits per heavy atom. The van der Waals surface area contributed by atoms with Gasteiger partial charge in [0.1, 0.15) is 17.5 Å². The quantitative estimate of drug-likeness (QED) is 0.494. The van der Waals surface area contributed by atoms with E-state index in [9.17, 15) is 14.4 Å². The van der Waals surface area contributed by atoms with Crippen LogP contribution in [-0.2, 0) is 19.1 Å². The Kier molecular flexibility index (Phi) is 2.60. The fourth-order valence-corrected chi connectivity index (χ4v) is 3.14. The van der Waals surface area contributed by atoms with Gasteiger partial charge >= 0.3 is 5.97 Å². The summed E-state index contributed by atoms with van der Waals surface area (Å²) in [6, 6.07) is 0. The summed E-state index contributed by atoms with van der Waals surface area (Å²) in [7, 11) is 1.29. The Morgan fingerprint density at radius 2 is 2.06 bits per heavy atom. The number of ether oxygens (including phenoxy) is 1. The number of carbonyl (C=O) groups is 3. The summed E-state index contributed by atoms with van der Waals surface area (Å²) in [6.07, 6.45) is 2.03. The van der Waals surface area contributed by atoms with Crippen molar-refractivity contribution in [2.24, 2.45) is 17.3 Å². The van der Waals surface area contributed by atoms with Gasteiger partial charge in [-0.3, -0.25) is 14.4 Å². The monoisotopic (exact) mass is 224 g/mol. The van der Waals surface area contributed by atoms with Crippen LogP contribution in [0.3, 0.4) is 0 Å². The van der Waals surface area contributed by atoms with E-state index in [1.54, 1.807) is 0 Å². The lowest BCUT2D eigenvalue weighted by Gasteiger charge is -2.38. The van der Waals surface area contributed by atoms with Crippen LogP contribution in [0.15, 0.2) is 0 Å². The number of rotatable bonds is 1. The molecule has 0 aromatic rings. The van der Waals surface area contributed by atoms with E-state index in [1.807, 2.05) is 6.92 Å². The summed E-state index contributed by atoms with van der Waals surface area (Å²) in [5, 5.41) is 0. The van der Waals surface area contributed by atoms with Crippen molar-refractivity contribution in [3.63, 3.8) is 0 Å². The molecular formula is C12H16O4. The molecule has 0 heterocycles. The van der Waals surface area contributed by atoms with Crippen molar-refractivity contribution in [2.75, 3.05) is 7.11 Å². The molecule has 0 spiro atoms. The first-order valence-corrected chi connectivity index (χ1v) is 5.64. The molecule has 0 N–H and O–H groups in total. The van der Waals surface area contributed by atoms with Crippen LogP contribution in [0, 0.1) is 17.3 Å². The number of fused-ring (bicyclic) bond motifs is 1. The molecule has 88 valence electrons. The van der Waals surface area contributed by atoms with Crippen LogP contribution in [0.25, 0.3) is 0 Å². The lowest BCUT2D eigenvalue weighted by Crippen LogP contribution is -2.45. The van der Waals surface area contributed by atoms with Gasteiger partial charge in [0.05, 0.1) is 7.11 Å². The number of methoxy groups -OCH3 is 1. The largest absolute Gasteiger partial charge is 0.468 e. The van der Waals surface area contributed by atoms with Crippen molar-refractivity contribution in [1.82, 2.24) is 0 Å². The van der Waals surface area contributed by atoms with Crippen LogP contribution < -0.4 is 0 Å². The van der Waals surface area contributed by atoms with E-state index in [0.717, 1.165) is 0 Å². The Bertz CT molecular complexity index is 352. The Labute approximate surface area is 94.3 Å². The average molecular weight is 224 g/mol. The maximum absolute atomic E-state index is 11.8. The molecule has 4 heteroatoms. The second kappa shape index (κ2) is 3.68. The number of esters is 1. The van der Waals surface area contributed by atoms with Gasteiger partial charge in [0.25, 0.3) is 0 Å². The highest BCUT2D eigenvalue weighted by Crippen LogP contribution is 2.51. The van der Waals surface area contributed by atoms with Gasteiger partial charge in [0.15, 0.2) is 0 Å². The van der Waals surface area contributed by atoms with Crippen molar-refractivity contribution < 1.29 is 19.1 Å². The highest BCUT2D eigenvalue weighted by atomic mass is 16.5. The fourth-order valence-electron chi connectivity index (χ4n) is 3.14. The number of carbonyl (C=O) groups excluding carboxylic acids is 3. The Balaban J connectivity index is 2.34. The number of Topliss-reactive ketones (excluding diaryl/α,β-unsaturated/α-hetero) is 2. The predicted molar refractivity (Wildman–Crippen MR) is 55.6 cm³/mol. The van der Waals surface area contributed by atoms with Gasteiger partial charge in [-0.1, -0.05) is 6.92 Å². The molecule has 4 nitrogen and oxygen atoms in total. The third-order valence-electron chi connectivity index (χ3n) is 4.23. The van der Waals surface area contributed by atoms with E-state index >= 15 is 0 Å². The van der Waals surface area contributed by atoms with Crippen molar-refractivity contribution in [3.8, 4) is 0 Å². The third kappa shape index (κ3) is 1.39. The molecule has 0 saturated heterocycles. The van der Waals surface area contributed by atoms with Crippen LogP contribution in [-0.4, -0.2) is 24.6 Å². The van der Waals surface area contributed by atoms with Gasteiger partial charge in [-0.25, -0.2) is 0 Å². The average Bonchev–Trinajstić information content (AvgIpc) is 2.56. The normalized spacial score (nSPS) is 38.4. The molecule has 0 bridgehead atoms. The standard InChI is InChI=1S/C12H16O4/c1-12-6-5-8(13)10(11(15)16-2)7(12)3-4-9(12)14/h7,10H,3-6H2,1-2H3/t7-,10-,12-/m0/s1. The van der Waals surface area contributed by atoms with Crippen molar-refractivity contribution in [2.45, 2.75) is 32.6 Å². The van der Waals surface area contributed by atoms with E-state index < -0.39 is 17.3 Å². The molecule has 3 atom stereocenters. The predicted octanol–water partition coefficient (Wildman–Crippen LogP) is 1.12. The van der Waals surface area contributed by atoms with Crippen LogP contribution in [0.4, 0.5) is 0 Å². The lowest BCUT2D eigenvalue weighted by atomic mass is 9.63. The number of hydrogen-bond acceptors (Lipinski definition) is 4. The topological polar surface area (TPSA) is 60.4 Å². The highest BCUT2D eigenvalue weighted by molar-refractivity contribution is 6.02. The maximum Gasteiger partial charge on any atom is 0.316 e. The van der Waals surface area contributed by atoms with E-state index in [-0.39, 0.29) is 17.5 Å².